The molecule has 0 saturated heterocycles. The minimum atomic E-state index is -0.117. The average molecular weight is 202 g/mol. The van der Waals surface area contributed by atoms with Gasteiger partial charge in [-0.05, 0) is 0 Å². The predicted octanol–water partition coefficient (Wildman–Crippen LogP) is 2.46. The Labute approximate surface area is 59.5 Å². The van der Waals surface area contributed by atoms with Gasteiger partial charge in [-0.3, -0.25) is 0 Å². The van der Waals surface area contributed by atoms with E-state index in [9.17, 15) is 0 Å². The number of hydrogen-bond acceptors (Lipinski definition) is 0. The molecule has 0 aliphatic heterocycles. The fourth-order valence-electron chi connectivity index (χ4n) is 0.770. The monoisotopic (exact) mass is 202 g/mol. The van der Waals surface area contributed by atoms with Crippen LogP contribution in [-0.4, -0.2) is 22.9 Å². The first-order valence-corrected chi connectivity index (χ1v) is 6.78. The van der Waals surface area contributed by atoms with E-state index in [0.29, 0.717) is 0 Å². The third kappa shape index (κ3) is 6.87. The standard InChI is InChI=1S/2C3H7.In.H/c2*1-3-2;;/h2*3H,1-2H3;;/q;;;-1. The SMILES string of the molecule is C[CH](C)[In][CH](C)C.[H-]. The van der Waals surface area contributed by atoms with Crippen LogP contribution >= 0.6 is 0 Å². The zero-order valence-corrected chi connectivity index (χ0v) is 9.03. The molecule has 43 valence electrons. The summed E-state index contributed by atoms with van der Waals surface area (Å²) in [7, 11) is 0. The first-order chi connectivity index (χ1) is 3.13. The minimum Gasteiger partial charge on any atom is -1.00 e. The largest absolute Gasteiger partial charge is 1.00 e. The van der Waals surface area contributed by atoms with Crippen molar-refractivity contribution in [1.29, 1.82) is 0 Å². The van der Waals surface area contributed by atoms with Gasteiger partial charge in [0.15, 0.2) is 0 Å². The van der Waals surface area contributed by atoms with Gasteiger partial charge in [0.05, 0.1) is 0 Å². The maximum atomic E-state index is 2.35. The van der Waals surface area contributed by atoms with Gasteiger partial charge in [0, 0.05) is 0 Å². The summed E-state index contributed by atoms with van der Waals surface area (Å²) in [6.45, 7) is 9.39. The Balaban J connectivity index is 0. The Morgan fingerprint density at radius 2 is 1.29 bits per heavy atom. The third-order valence-electron chi connectivity index (χ3n) is 0.770. The summed E-state index contributed by atoms with van der Waals surface area (Å²) in [6.07, 6.45) is 0. The second-order valence-electron chi connectivity index (χ2n) is 2.68. The van der Waals surface area contributed by atoms with Crippen LogP contribution in [0, 0.1) is 0 Å². The minimum absolute atomic E-state index is 0. The van der Waals surface area contributed by atoms with E-state index in [4.69, 9.17) is 0 Å². The molecule has 0 spiro atoms. The van der Waals surface area contributed by atoms with E-state index in [2.05, 4.69) is 27.7 Å². The quantitative estimate of drug-likeness (QED) is 0.645. The maximum absolute atomic E-state index is 2.35. The molecule has 0 aliphatic rings. The first-order valence-electron chi connectivity index (χ1n) is 2.98. The van der Waals surface area contributed by atoms with Crippen molar-refractivity contribution in [2.45, 2.75) is 35.0 Å². The van der Waals surface area contributed by atoms with Crippen LogP contribution in [0.3, 0.4) is 0 Å². The van der Waals surface area contributed by atoms with Gasteiger partial charge in [-0.1, -0.05) is 0 Å². The molecule has 0 bridgehead atoms. The van der Waals surface area contributed by atoms with Crippen LogP contribution in [0.5, 0.6) is 0 Å². The molecule has 0 aromatic heterocycles. The van der Waals surface area contributed by atoms with E-state index < -0.39 is 0 Å². The first kappa shape index (κ1) is 7.87. The molecule has 0 amide bonds. The summed E-state index contributed by atoms with van der Waals surface area (Å²) in [5.41, 5.74) is 0. The summed E-state index contributed by atoms with van der Waals surface area (Å²) in [5, 5.41) is 0. The predicted molar refractivity (Wildman–Crippen MR) is 37.1 cm³/mol. The second-order valence-corrected chi connectivity index (χ2v) is 11.4. The van der Waals surface area contributed by atoms with Gasteiger partial charge in [-0.15, -0.1) is 0 Å². The Morgan fingerprint density at radius 1 is 1.00 bits per heavy atom. The molecular formula is C6H15In-. The molecule has 0 N–H and O–H groups in total. The van der Waals surface area contributed by atoms with Crippen molar-refractivity contribution in [2.75, 3.05) is 0 Å². The summed E-state index contributed by atoms with van der Waals surface area (Å²) >= 11 is -0.117. The van der Waals surface area contributed by atoms with E-state index in [0.717, 1.165) is 7.35 Å². The number of hydrogen-bond donors (Lipinski definition) is 0. The average Bonchev–Trinajstić information content (AvgIpc) is 1.27. The molecule has 0 rings (SSSR count). The van der Waals surface area contributed by atoms with Crippen LogP contribution < -0.4 is 0 Å². The summed E-state index contributed by atoms with van der Waals surface area (Å²) < 4.78 is 2.13. The third-order valence-corrected chi connectivity index (χ3v) is 5.16. The van der Waals surface area contributed by atoms with Crippen molar-refractivity contribution in [2.24, 2.45) is 0 Å². The Bertz CT molecular complexity index is 37.8. The molecular weight excluding hydrogens is 187 g/mol. The molecule has 0 unspecified atom stereocenters. The Kier molecular flexibility index (Phi) is 4.30. The van der Waals surface area contributed by atoms with Crippen molar-refractivity contribution in [1.82, 2.24) is 0 Å². The van der Waals surface area contributed by atoms with E-state index in [1.54, 1.807) is 0 Å². The zero-order chi connectivity index (χ0) is 5.86. The van der Waals surface area contributed by atoms with Gasteiger partial charge < -0.3 is 1.43 Å². The summed E-state index contributed by atoms with van der Waals surface area (Å²) in [5.74, 6) is 0. The molecule has 7 heavy (non-hydrogen) atoms. The molecule has 0 atom stereocenters. The second kappa shape index (κ2) is 3.82. The van der Waals surface area contributed by atoms with Crippen LogP contribution in [0.2, 0.25) is 7.35 Å². The topological polar surface area (TPSA) is 0 Å². The van der Waals surface area contributed by atoms with Gasteiger partial charge in [-0.2, -0.15) is 0 Å². The van der Waals surface area contributed by atoms with Crippen molar-refractivity contribution >= 4 is 22.9 Å². The molecule has 1 heteroatoms. The Hall–Kier alpha value is 0.870. The van der Waals surface area contributed by atoms with Crippen LogP contribution in [0.25, 0.3) is 0 Å². The normalized spacial score (nSPS) is 10.6. The van der Waals surface area contributed by atoms with E-state index in [-0.39, 0.29) is 24.3 Å². The summed E-state index contributed by atoms with van der Waals surface area (Å²) in [6, 6.07) is 0. The molecule has 0 heterocycles. The van der Waals surface area contributed by atoms with Crippen LogP contribution in [0.15, 0.2) is 0 Å². The van der Waals surface area contributed by atoms with Gasteiger partial charge in [0.25, 0.3) is 0 Å². The van der Waals surface area contributed by atoms with Gasteiger partial charge >= 0.3 is 58.0 Å². The molecule has 0 fully saturated rings. The molecule has 0 aliphatic carbocycles. The van der Waals surface area contributed by atoms with Crippen molar-refractivity contribution in [3.63, 3.8) is 0 Å². The fraction of sp³-hybridized carbons (Fsp3) is 1.00. The zero-order valence-electron chi connectivity index (χ0n) is 6.73. The summed E-state index contributed by atoms with van der Waals surface area (Å²) in [4.78, 5) is 0. The number of rotatable bonds is 2. The molecule has 0 aromatic carbocycles. The van der Waals surface area contributed by atoms with Gasteiger partial charge in [-0.25, -0.2) is 0 Å². The van der Waals surface area contributed by atoms with E-state index in [1.807, 2.05) is 0 Å². The van der Waals surface area contributed by atoms with Crippen molar-refractivity contribution in [3.8, 4) is 0 Å². The van der Waals surface area contributed by atoms with Crippen LogP contribution in [0.1, 0.15) is 29.1 Å². The van der Waals surface area contributed by atoms with E-state index in [1.165, 1.54) is 0 Å². The van der Waals surface area contributed by atoms with E-state index >= 15 is 0 Å². The van der Waals surface area contributed by atoms with Gasteiger partial charge in [0.1, 0.15) is 0 Å². The fourth-order valence-corrected chi connectivity index (χ4v) is 5.16. The van der Waals surface area contributed by atoms with Crippen LogP contribution in [0.4, 0.5) is 0 Å². The molecule has 0 nitrogen and oxygen atoms in total. The van der Waals surface area contributed by atoms with Crippen molar-refractivity contribution < 1.29 is 1.43 Å². The Morgan fingerprint density at radius 3 is 1.29 bits per heavy atom. The molecule has 0 aromatic rings. The van der Waals surface area contributed by atoms with Crippen molar-refractivity contribution in [3.05, 3.63) is 0 Å². The van der Waals surface area contributed by atoms with Crippen LogP contribution in [-0.2, 0) is 0 Å². The maximum Gasteiger partial charge on any atom is -1.00 e. The smallest absolute Gasteiger partial charge is 1.00 e. The molecule has 1 radical (unpaired) electrons. The van der Waals surface area contributed by atoms with Gasteiger partial charge in [0.2, 0.25) is 0 Å². The molecule has 0 saturated carbocycles.